The van der Waals surface area contributed by atoms with Crippen LogP contribution in [0.25, 0.3) is 0 Å². The topological polar surface area (TPSA) is 88.4 Å². The number of rotatable bonds is 15. The molecular formula is C37H50NO7PSi. The Morgan fingerprint density at radius 3 is 1.85 bits per heavy atom. The van der Waals surface area contributed by atoms with Crippen LogP contribution in [0.1, 0.15) is 50.8 Å². The summed E-state index contributed by atoms with van der Waals surface area (Å²) < 4.78 is 44.4. The Labute approximate surface area is 283 Å². The molecule has 8 nitrogen and oxygen atoms in total. The summed E-state index contributed by atoms with van der Waals surface area (Å²) in [6.07, 6.45) is -1.15. The zero-order valence-corrected chi connectivity index (χ0v) is 31.1. The van der Waals surface area contributed by atoms with E-state index in [2.05, 4.69) is 52.1 Å². The molecule has 0 aromatic heterocycles. The van der Waals surface area contributed by atoms with Crippen molar-refractivity contribution in [1.29, 1.82) is 5.26 Å². The Balaban J connectivity index is 1.77. The van der Waals surface area contributed by atoms with Crippen molar-refractivity contribution in [3.63, 3.8) is 0 Å². The van der Waals surface area contributed by atoms with E-state index in [0.29, 0.717) is 13.0 Å². The van der Waals surface area contributed by atoms with Gasteiger partial charge in [-0.3, -0.25) is 0 Å². The van der Waals surface area contributed by atoms with Crippen LogP contribution in [0.2, 0.25) is 18.1 Å². The van der Waals surface area contributed by atoms with Crippen LogP contribution in [-0.2, 0) is 28.5 Å². The molecule has 4 rings (SSSR count). The van der Waals surface area contributed by atoms with Crippen molar-refractivity contribution in [3.05, 3.63) is 95.6 Å². The number of benzene rings is 3. The fraction of sp³-hybridized carbons (Fsp3) is 0.486. The first-order valence-corrected chi connectivity index (χ1v) is 20.6. The minimum atomic E-state index is -2.27. The van der Waals surface area contributed by atoms with Gasteiger partial charge >= 0.3 is 0 Å². The van der Waals surface area contributed by atoms with Crippen LogP contribution >= 0.6 is 8.38 Å². The zero-order chi connectivity index (χ0) is 34.2. The fourth-order valence-electron chi connectivity index (χ4n) is 5.55. The predicted octanol–water partition coefficient (Wildman–Crippen LogP) is 8.45. The average molecular weight is 680 g/mol. The van der Waals surface area contributed by atoms with E-state index >= 15 is 0 Å². The molecule has 1 saturated heterocycles. The second kappa shape index (κ2) is 16.1. The van der Waals surface area contributed by atoms with Crippen LogP contribution in [0, 0.1) is 11.3 Å². The van der Waals surface area contributed by atoms with E-state index in [1.165, 1.54) is 0 Å². The summed E-state index contributed by atoms with van der Waals surface area (Å²) in [6, 6.07) is 28.4. The minimum absolute atomic E-state index is 0.0327. The minimum Gasteiger partial charge on any atom is -0.497 e. The van der Waals surface area contributed by atoms with Gasteiger partial charge in [0.2, 0.25) is 0 Å². The summed E-state index contributed by atoms with van der Waals surface area (Å²) in [4.78, 5) is 0. The monoisotopic (exact) mass is 679 g/mol. The van der Waals surface area contributed by atoms with Crippen molar-refractivity contribution >= 4 is 16.7 Å². The summed E-state index contributed by atoms with van der Waals surface area (Å²) in [5, 5.41) is 8.95. The Morgan fingerprint density at radius 2 is 1.36 bits per heavy atom. The fourth-order valence-corrected chi connectivity index (χ4v) is 7.92. The first kappa shape index (κ1) is 37.0. The highest BCUT2D eigenvalue weighted by Gasteiger charge is 2.51. The molecule has 1 aliphatic rings. The highest BCUT2D eigenvalue weighted by atomic mass is 31.2. The van der Waals surface area contributed by atoms with Crippen molar-refractivity contribution in [1.82, 2.24) is 0 Å². The van der Waals surface area contributed by atoms with Gasteiger partial charge in [-0.1, -0.05) is 75.4 Å². The van der Waals surface area contributed by atoms with Gasteiger partial charge in [-0.2, -0.15) is 5.26 Å². The molecule has 0 amide bonds. The van der Waals surface area contributed by atoms with Gasteiger partial charge in [0.25, 0.3) is 0 Å². The molecule has 1 fully saturated rings. The molecule has 0 spiro atoms. The number of nitrogens with zero attached hydrogens (tertiary/aromatic N) is 1. The Kier molecular flexibility index (Phi) is 12.7. The lowest BCUT2D eigenvalue weighted by molar-refractivity contribution is -0.0780. The number of hydrogen-bond acceptors (Lipinski definition) is 8. The number of nitriles is 1. The molecule has 1 unspecified atom stereocenters. The molecule has 0 radical (unpaired) electrons. The van der Waals surface area contributed by atoms with Crippen LogP contribution in [0.5, 0.6) is 11.5 Å². The van der Waals surface area contributed by atoms with E-state index < -0.39 is 34.5 Å². The molecule has 47 heavy (non-hydrogen) atoms. The summed E-state index contributed by atoms with van der Waals surface area (Å²) >= 11 is 0. The summed E-state index contributed by atoms with van der Waals surface area (Å²) in [5.74, 6) is 1.52. The normalized spacial score (nSPS) is 20.9. The maximum atomic E-state index is 8.98. The van der Waals surface area contributed by atoms with E-state index in [9.17, 15) is 0 Å². The molecule has 1 aliphatic heterocycles. The SMILES string of the molecule is COc1ccc(C(OC[C@H]2O[C@@H](C)[C@H](OP(C)OCCC#N)[C@@H]2O[Si](C)(C)C(C)(C)C)(c2ccccc2)c2ccc(OC)cc2)cc1. The molecule has 10 heteroatoms. The van der Waals surface area contributed by atoms with Crippen molar-refractivity contribution < 1.29 is 32.4 Å². The zero-order valence-electron chi connectivity index (χ0n) is 29.2. The molecule has 0 saturated carbocycles. The predicted molar refractivity (Wildman–Crippen MR) is 189 cm³/mol. The largest absolute Gasteiger partial charge is 0.497 e. The third-order valence-electron chi connectivity index (χ3n) is 9.17. The van der Waals surface area contributed by atoms with Gasteiger partial charge in [-0.15, -0.1) is 0 Å². The van der Waals surface area contributed by atoms with E-state index in [1.54, 1.807) is 14.2 Å². The van der Waals surface area contributed by atoms with Crippen LogP contribution < -0.4 is 9.47 Å². The highest BCUT2D eigenvalue weighted by Crippen LogP contribution is 2.46. The second-order valence-electron chi connectivity index (χ2n) is 13.3. The van der Waals surface area contributed by atoms with Gasteiger partial charge < -0.3 is 32.4 Å². The second-order valence-corrected chi connectivity index (χ2v) is 19.4. The highest BCUT2D eigenvalue weighted by molar-refractivity contribution is 7.46. The van der Waals surface area contributed by atoms with Gasteiger partial charge in [0.05, 0.1) is 46.0 Å². The number of methoxy groups -OCH3 is 2. The van der Waals surface area contributed by atoms with Crippen LogP contribution in [-0.4, -0.2) is 66.8 Å². The molecule has 0 bridgehead atoms. The first-order chi connectivity index (χ1) is 22.4. The third-order valence-corrected chi connectivity index (χ3v) is 14.7. The Bertz CT molecular complexity index is 1390. The van der Waals surface area contributed by atoms with Crippen LogP contribution in [0.15, 0.2) is 78.9 Å². The standard InChI is InChI=1S/C37H50NO7PSi/c1-27-34(44-46(7)42-25-13-24-38)35(45-47(8,9)36(2,3)4)33(43-27)26-41-37(28-14-11-10-12-15-28,29-16-20-31(39-5)21-17-29)30-18-22-32(40-6)23-19-30/h10-12,14-23,27,33-35H,13,25-26H2,1-9H3/t27-,33+,34-,35+,46?/m0/s1. The maximum Gasteiger partial charge on any atom is 0.192 e. The number of hydrogen-bond donors (Lipinski definition) is 0. The third kappa shape index (κ3) is 8.62. The Hall–Kier alpha value is -2.80. The van der Waals surface area contributed by atoms with Crippen molar-refractivity contribution in [2.24, 2.45) is 0 Å². The lowest BCUT2D eigenvalue weighted by atomic mass is 9.80. The average Bonchev–Trinajstić information content (AvgIpc) is 3.34. The van der Waals surface area contributed by atoms with Gasteiger partial charge in [0.1, 0.15) is 35.4 Å². The smallest absolute Gasteiger partial charge is 0.192 e. The summed E-state index contributed by atoms with van der Waals surface area (Å²) in [7, 11) is -0.204. The van der Waals surface area contributed by atoms with E-state index in [-0.39, 0.29) is 23.9 Å². The summed E-state index contributed by atoms with van der Waals surface area (Å²) in [6.45, 7) is 15.7. The Morgan fingerprint density at radius 1 is 0.830 bits per heavy atom. The van der Waals surface area contributed by atoms with Crippen molar-refractivity contribution in [3.8, 4) is 17.6 Å². The lowest BCUT2D eigenvalue weighted by Crippen LogP contribution is -2.50. The molecule has 254 valence electrons. The van der Waals surface area contributed by atoms with Gasteiger partial charge in [0, 0.05) is 6.66 Å². The van der Waals surface area contributed by atoms with E-state index in [4.69, 9.17) is 37.7 Å². The molecule has 5 atom stereocenters. The van der Waals surface area contributed by atoms with Gasteiger partial charge in [0.15, 0.2) is 16.7 Å². The lowest BCUT2D eigenvalue weighted by Gasteiger charge is -2.41. The molecule has 1 heterocycles. The number of ether oxygens (including phenoxy) is 4. The van der Waals surface area contributed by atoms with Gasteiger partial charge in [-0.25, -0.2) is 0 Å². The molecule has 3 aromatic carbocycles. The molecule has 3 aromatic rings. The first-order valence-electron chi connectivity index (χ1n) is 16.1. The van der Waals surface area contributed by atoms with E-state index in [1.807, 2.05) is 80.3 Å². The quantitative estimate of drug-likeness (QED) is 0.0685. The molecular weight excluding hydrogens is 629 g/mol. The van der Waals surface area contributed by atoms with Crippen molar-refractivity contribution in [2.75, 3.05) is 34.1 Å². The molecule has 0 N–H and O–H groups in total. The van der Waals surface area contributed by atoms with Gasteiger partial charge in [-0.05, 0) is 66.0 Å². The molecule has 0 aliphatic carbocycles. The maximum absolute atomic E-state index is 8.98. The summed E-state index contributed by atoms with van der Waals surface area (Å²) in [5.41, 5.74) is 1.86. The van der Waals surface area contributed by atoms with E-state index in [0.717, 1.165) is 28.2 Å². The van der Waals surface area contributed by atoms with Crippen molar-refractivity contribution in [2.45, 2.75) is 82.3 Å². The van der Waals surface area contributed by atoms with Crippen LogP contribution in [0.4, 0.5) is 0 Å². The van der Waals surface area contributed by atoms with Crippen LogP contribution in [0.3, 0.4) is 0 Å².